The van der Waals surface area contributed by atoms with Gasteiger partial charge < -0.3 is 0 Å². The van der Waals surface area contributed by atoms with Crippen LogP contribution >= 0.6 is 0 Å². The second kappa shape index (κ2) is 34.1. The quantitative estimate of drug-likeness (QED) is 0.489. The van der Waals surface area contributed by atoms with Crippen molar-refractivity contribution in [1.29, 1.82) is 0 Å². The van der Waals surface area contributed by atoms with Gasteiger partial charge in [-0.25, -0.2) is 0 Å². The Morgan fingerprint density at radius 1 is 1.00 bits per heavy atom. The minimum absolute atomic E-state index is 0. The first-order valence-electron chi connectivity index (χ1n) is 0. The minimum Gasteiger partial charge on any atom is 0 e. The molecule has 0 rings (SSSR count). The van der Waals surface area contributed by atoms with Crippen LogP contribution in [0.25, 0.3) is 0 Å². The van der Waals surface area contributed by atoms with Gasteiger partial charge >= 0.3 is 0 Å². The molecule has 0 aliphatic rings. The van der Waals surface area contributed by atoms with Crippen LogP contribution in [0.1, 0.15) is 0 Å². The van der Waals surface area contributed by atoms with E-state index in [1.54, 1.807) is 0 Å². The molecule has 0 saturated carbocycles. The van der Waals surface area contributed by atoms with Crippen molar-refractivity contribution in [3.05, 3.63) is 0 Å². The average molecular weight is 341 g/mol. The van der Waals surface area contributed by atoms with Crippen LogP contribution in [-0.2, 0) is 50.3 Å². The summed E-state index contributed by atoms with van der Waals surface area (Å²) in [6.07, 6.45) is 0. The van der Waals surface area contributed by atoms with E-state index in [0.717, 1.165) is 0 Å². The van der Waals surface area contributed by atoms with Crippen LogP contribution in [0.3, 0.4) is 0 Å². The van der Waals surface area contributed by atoms with Crippen molar-refractivity contribution in [2.75, 3.05) is 0 Å². The van der Waals surface area contributed by atoms with Crippen molar-refractivity contribution in [3.63, 3.8) is 0 Å². The molecule has 0 heterocycles. The van der Waals surface area contributed by atoms with Crippen molar-refractivity contribution < 1.29 is 50.3 Å². The third-order valence-corrected chi connectivity index (χ3v) is 0. The first-order chi connectivity index (χ1) is 0. The molecule has 31 valence electrons. The number of hydrogen-bond acceptors (Lipinski definition) is 0. The Balaban J connectivity index is 0. The fraction of sp³-hybridized carbons (Fsp3) is 0. The molecule has 0 bridgehead atoms. The molecule has 0 nitrogen and oxygen atoms in total. The third kappa shape index (κ3) is 23.7. The molecule has 0 aromatic rings. The first kappa shape index (κ1) is 47.1. The van der Waals surface area contributed by atoms with Crippen LogP contribution < -0.4 is 0 Å². The summed E-state index contributed by atoms with van der Waals surface area (Å²) in [5.74, 6) is 0. The molecule has 0 aromatic heterocycles. The Morgan fingerprint density at radius 2 is 1.00 bits per heavy atom. The van der Waals surface area contributed by atoms with Crippen molar-refractivity contribution in [1.82, 2.24) is 0 Å². The monoisotopic (exact) mass is 341 g/mol. The summed E-state index contributed by atoms with van der Waals surface area (Å²) >= 11 is 0. The molecule has 0 N–H and O–H groups in total. The van der Waals surface area contributed by atoms with Crippen LogP contribution in [0.5, 0.6) is 0 Å². The summed E-state index contributed by atoms with van der Waals surface area (Å²) < 4.78 is 0. The van der Waals surface area contributed by atoms with Gasteiger partial charge in [0.05, 0.1) is 0 Å². The second-order valence-corrected chi connectivity index (χ2v) is 0. The molecule has 0 saturated heterocycles. The molecule has 0 amide bonds. The number of rotatable bonds is 0. The van der Waals surface area contributed by atoms with Crippen LogP contribution in [0, 0.1) is 0 Å². The molecular weight excluding hydrogens is 341 g/mol. The maximum Gasteiger partial charge on any atom is 0 e. The van der Waals surface area contributed by atoms with Gasteiger partial charge in [0, 0.05) is 141 Å². The first-order valence-corrected chi connectivity index (χ1v) is 0. The van der Waals surface area contributed by atoms with E-state index < -0.39 is 0 Å². The van der Waals surface area contributed by atoms with Crippen LogP contribution in [0.4, 0.5) is 0 Å². The van der Waals surface area contributed by atoms with Crippen molar-refractivity contribution in [2.45, 2.75) is 0 Å². The van der Waals surface area contributed by atoms with Gasteiger partial charge in [-0.3, -0.25) is 0 Å². The molecule has 0 aliphatic carbocycles. The normalized spacial score (nSPS) is 0. The summed E-state index contributed by atoms with van der Waals surface area (Å²) in [5.41, 5.74) is 0. The maximum atomic E-state index is 0. The van der Waals surface area contributed by atoms with Crippen molar-refractivity contribution in [3.8, 4) is 0 Å². The van der Waals surface area contributed by atoms with Gasteiger partial charge in [-0.05, 0) is 0 Å². The van der Waals surface area contributed by atoms with E-state index in [9.17, 15) is 0 Å². The van der Waals surface area contributed by atoms with Crippen LogP contribution in [0.15, 0.2) is 0 Å². The Morgan fingerprint density at radius 3 is 1.00 bits per heavy atom. The standard InChI is InChI=1S/Ba.Co.Li.Mg.Mn.Ni. The summed E-state index contributed by atoms with van der Waals surface area (Å²) in [4.78, 5) is 0. The fourth-order valence-corrected chi connectivity index (χ4v) is 0. The predicted octanol–water partition coefficient (Wildman–Crippen LogP) is -1.15. The summed E-state index contributed by atoms with van der Waals surface area (Å²) in [5, 5.41) is 0. The van der Waals surface area contributed by atoms with E-state index >= 15 is 0 Å². The number of hydrogen-bond donors (Lipinski definition) is 0. The Bertz CT molecular complexity index is 15.5. The van der Waals surface area contributed by atoms with E-state index in [-0.39, 0.29) is 141 Å². The van der Waals surface area contributed by atoms with Gasteiger partial charge in [0.15, 0.2) is 0 Å². The van der Waals surface area contributed by atoms with Crippen molar-refractivity contribution in [2.24, 2.45) is 0 Å². The second-order valence-electron chi connectivity index (χ2n) is 0. The molecule has 6 heavy (non-hydrogen) atoms. The zero-order valence-corrected chi connectivity index (χ0v) is 12.5. The molecule has 0 aliphatic heterocycles. The molecule has 6 heteroatoms. The Labute approximate surface area is 137 Å². The van der Waals surface area contributed by atoms with Gasteiger partial charge in [-0.15, -0.1) is 0 Å². The topological polar surface area (TPSA) is 0 Å². The molecule has 0 aromatic carbocycles. The Hall–Kier alpha value is 4.45. The summed E-state index contributed by atoms with van der Waals surface area (Å²) in [6.45, 7) is 0. The largest absolute Gasteiger partial charge is 0 e. The van der Waals surface area contributed by atoms with E-state index in [1.807, 2.05) is 0 Å². The van der Waals surface area contributed by atoms with E-state index in [1.165, 1.54) is 0 Å². The van der Waals surface area contributed by atoms with Crippen molar-refractivity contribution >= 4 is 90.8 Å². The van der Waals surface area contributed by atoms with Gasteiger partial charge in [-0.1, -0.05) is 0 Å². The van der Waals surface area contributed by atoms with Gasteiger partial charge in [-0.2, -0.15) is 0 Å². The fourth-order valence-electron chi connectivity index (χ4n) is 0. The molecular formula is BaCoLiMgMnNi. The van der Waals surface area contributed by atoms with Gasteiger partial charge in [0.1, 0.15) is 0 Å². The van der Waals surface area contributed by atoms with Gasteiger partial charge in [0.2, 0.25) is 0 Å². The summed E-state index contributed by atoms with van der Waals surface area (Å²) in [7, 11) is 0. The zero-order chi connectivity index (χ0) is 0. The van der Waals surface area contributed by atoms with E-state index in [0.29, 0.717) is 0 Å². The van der Waals surface area contributed by atoms with E-state index in [4.69, 9.17) is 0 Å². The van der Waals surface area contributed by atoms with Crippen LogP contribution in [-0.4, -0.2) is 90.8 Å². The zero-order valence-electron chi connectivity index (χ0n) is 3.44. The maximum absolute atomic E-state index is 0. The minimum atomic E-state index is 0. The molecule has 0 unspecified atom stereocenters. The Kier molecular flexibility index (Phi) is 267. The predicted molar refractivity (Wildman–Crippen MR) is 17.3 cm³/mol. The van der Waals surface area contributed by atoms with Crippen LogP contribution in [0.2, 0.25) is 0 Å². The smallest absolute Gasteiger partial charge is 0 e. The molecule has 0 atom stereocenters. The van der Waals surface area contributed by atoms with E-state index in [2.05, 4.69) is 0 Å². The average Bonchev–Trinajstić information content (AvgIpc) is 0. The SMILES string of the molecule is [Ba].[Co].[Li].[Mg].[Mn].[Ni]. The summed E-state index contributed by atoms with van der Waals surface area (Å²) in [6, 6.07) is 0. The molecule has 0 fully saturated rings. The third-order valence-electron chi connectivity index (χ3n) is 0. The van der Waals surface area contributed by atoms with Gasteiger partial charge in [0.25, 0.3) is 0 Å². The molecule has 7 radical (unpaired) electrons. The molecule has 0 spiro atoms.